The van der Waals surface area contributed by atoms with Gasteiger partial charge in [0.2, 0.25) is 0 Å². The highest BCUT2D eigenvalue weighted by Crippen LogP contribution is 2.41. The highest BCUT2D eigenvalue weighted by Gasteiger charge is 2.43. The second-order valence-electron chi connectivity index (χ2n) is 4.63. The maximum Gasteiger partial charge on any atom is 0.328 e. The van der Waals surface area contributed by atoms with Crippen LogP contribution in [0.2, 0.25) is 17.1 Å². The molecule has 0 amide bonds. The van der Waals surface area contributed by atoms with E-state index in [0.29, 0.717) is 0 Å². The summed E-state index contributed by atoms with van der Waals surface area (Å²) < 4.78 is 5.69. The lowest BCUT2D eigenvalue weighted by atomic mass is 10.2. The highest BCUT2D eigenvalue weighted by molar-refractivity contribution is 6.76. The van der Waals surface area contributed by atoms with Crippen LogP contribution in [0.5, 0.6) is 0 Å². The molecule has 0 aromatic heterocycles. The first-order valence-corrected chi connectivity index (χ1v) is 7.47. The molecule has 0 spiro atoms. The van der Waals surface area contributed by atoms with Crippen molar-refractivity contribution in [3.05, 3.63) is 0 Å². The van der Waals surface area contributed by atoms with Crippen molar-refractivity contribution in [3.8, 4) is 0 Å². The highest BCUT2D eigenvalue weighted by atomic mass is 28.4. The predicted molar refractivity (Wildman–Crippen MR) is 60.0 cm³/mol. The average molecular weight is 218 g/mol. The van der Waals surface area contributed by atoms with Crippen molar-refractivity contribution in [1.82, 2.24) is 0 Å². The van der Waals surface area contributed by atoms with E-state index in [1.807, 2.05) is 0 Å². The van der Waals surface area contributed by atoms with Crippen molar-refractivity contribution in [2.75, 3.05) is 6.61 Å². The summed E-state index contributed by atoms with van der Waals surface area (Å²) in [7, 11) is -1.89. The minimum Gasteiger partial charge on any atom is -0.480 e. The second kappa shape index (κ2) is 4.93. The Labute approximate surface area is 87.6 Å². The second-order valence-corrected chi connectivity index (χ2v) is 9.83. The van der Waals surface area contributed by atoms with E-state index in [4.69, 9.17) is 9.53 Å². The van der Waals surface area contributed by atoms with E-state index in [1.54, 1.807) is 0 Å². The summed E-state index contributed by atoms with van der Waals surface area (Å²) in [6.45, 7) is 10.5. The molecule has 0 fully saturated rings. The number of aliphatic carboxylic acids is 1. The summed E-state index contributed by atoms with van der Waals surface area (Å²) in [6.07, 6.45) is 0. The van der Waals surface area contributed by atoms with Crippen molar-refractivity contribution in [1.29, 1.82) is 0 Å². The van der Waals surface area contributed by atoms with Gasteiger partial charge >= 0.3 is 5.97 Å². The van der Waals surface area contributed by atoms with Crippen molar-refractivity contribution >= 4 is 14.3 Å². The quantitative estimate of drug-likeness (QED) is 0.722. The molecule has 14 heavy (non-hydrogen) atoms. The van der Waals surface area contributed by atoms with E-state index in [1.165, 1.54) is 0 Å². The molecule has 3 nitrogen and oxygen atoms in total. The van der Waals surface area contributed by atoms with Gasteiger partial charge in [-0.2, -0.15) is 0 Å². The molecule has 1 N–H and O–H groups in total. The summed E-state index contributed by atoms with van der Waals surface area (Å²) in [6, 6.07) is 1.94. The van der Waals surface area contributed by atoms with Crippen LogP contribution in [0.3, 0.4) is 0 Å². The van der Waals surface area contributed by atoms with Crippen molar-refractivity contribution in [3.63, 3.8) is 0 Å². The van der Waals surface area contributed by atoms with Gasteiger partial charge in [0, 0.05) is 0 Å². The number of hydrogen-bond donors (Lipinski definition) is 1. The first-order valence-electron chi connectivity index (χ1n) is 5.15. The summed E-state index contributed by atoms with van der Waals surface area (Å²) >= 11 is 0. The maximum atomic E-state index is 10.5. The Kier molecular flexibility index (Phi) is 4.81. The van der Waals surface area contributed by atoms with Gasteiger partial charge in [-0.3, -0.25) is 0 Å². The fraction of sp³-hybridized carbons (Fsp3) is 0.900. The Morgan fingerprint density at radius 3 is 1.93 bits per heavy atom. The third kappa shape index (κ3) is 3.10. The van der Waals surface area contributed by atoms with E-state index < -0.39 is 14.3 Å². The Hall–Kier alpha value is -0.353. The van der Waals surface area contributed by atoms with Crippen LogP contribution in [-0.2, 0) is 9.22 Å². The van der Waals surface area contributed by atoms with Crippen LogP contribution in [0.25, 0.3) is 0 Å². The van der Waals surface area contributed by atoms with Gasteiger partial charge < -0.3 is 9.53 Å². The average Bonchev–Trinajstić information content (AvgIpc) is 2.04. The smallest absolute Gasteiger partial charge is 0.328 e. The van der Waals surface area contributed by atoms with Gasteiger partial charge in [-0.15, -0.1) is 0 Å². The van der Waals surface area contributed by atoms with Crippen LogP contribution >= 0.6 is 0 Å². The minimum atomic E-state index is -1.89. The lowest BCUT2D eigenvalue weighted by molar-refractivity contribution is -0.139. The standard InChI is InChI=1S/C10H22O3Si/c1-6-14(7-2,10(3,4)5)13-8-9(11)12/h6-8H2,1-5H3,(H,11,12). The van der Waals surface area contributed by atoms with Crippen molar-refractivity contribution in [2.24, 2.45) is 0 Å². The fourth-order valence-corrected chi connectivity index (χ4v) is 5.79. The molecule has 0 heterocycles. The number of rotatable bonds is 5. The van der Waals surface area contributed by atoms with Crippen molar-refractivity contribution in [2.45, 2.75) is 51.7 Å². The first-order chi connectivity index (χ1) is 6.29. The summed E-state index contributed by atoms with van der Waals surface area (Å²) in [5.74, 6) is -0.868. The minimum absolute atomic E-state index is 0.103. The summed E-state index contributed by atoms with van der Waals surface area (Å²) in [4.78, 5) is 10.5. The number of carboxylic acids is 1. The van der Waals surface area contributed by atoms with E-state index in [-0.39, 0.29) is 11.6 Å². The van der Waals surface area contributed by atoms with Crippen LogP contribution in [0.4, 0.5) is 0 Å². The van der Waals surface area contributed by atoms with Crippen LogP contribution in [0.1, 0.15) is 34.6 Å². The zero-order valence-electron chi connectivity index (χ0n) is 9.89. The monoisotopic (exact) mass is 218 g/mol. The summed E-state index contributed by atoms with van der Waals surface area (Å²) in [5, 5.41) is 8.73. The van der Waals surface area contributed by atoms with Crippen LogP contribution in [0.15, 0.2) is 0 Å². The molecule has 0 atom stereocenters. The zero-order valence-corrected chi connectivity index (χ0v) is 10.9. The molecular weight excluding hydrogens is 196 g/mol. The Bertz CT molecular complexity index is 192. The van der Waals surface area contributed by atoms with Crippen LogP contribution < -0.4 is 0 Å². The van der Waals surface area contributed by atoms with Crippen LogP contribution in [0, 0.1) is 0 Å². The molecule has 0 unspecified atom stereocenters. The molecule has 0 aromatic carbocycles. The molecule has 0 saturated carbocycles. The van der Waals surface area contributed by atoms with E-state index in [2.05, 4.69) is 34.6 Å². The van der Waals surface area contributed by atoms with E-state index in [9.17, 15) is 4.79 Å². The third-order valence-corrected chi connectivity index (χ3v) is 8.70. The maximum absolute atomic E-state index is 10.5. The molecule has 0 aromatic rings. The molecule has 4 heteroatoms. The van der Waals surface area contributed by atoms with Gasteiger partial charge in [0.15, 0.2) is 8.32 Å². The van der Waals surface area contributed by atoms with Gasteiger partial charge in [0.05, 0.1) is 0 Å². The lowest BCUT2D eigenvalue weighted by Gasteiger charge is -2.40. The molecule has 0 bridgehead atoms. The number of carboxylic acid groups (broad SMARTS) is 1. The van der Waals surface area contributed by atoms with Crippen LogP contribution in [-0.4, -0.2) is 26.0 Å². The van der Waals surface area contributed by atoms with E-state index >= 15 is 0 Å². The Balaban J connectivity index is 4.63. The third-order valence-electron chi connectivity index (χ3n) is 2.98. The molecule has 0 radical (unpaired) electrons. The first kappa shape index (κ1) is 13.6. The number of hydrogen-bond acceptors (Lipinski definition) is 2. The number of carbonyl (C=O) groups is 1. The normalized spacial score (nSPS) is 12.9. The topological polar surface area (TPSA) is 46.5 Å². The van der Waals surface area contributed by atoms with E-state index in [0.717, 1.165) is 12.1 Å². The van der Waals surface area contributed by atoms with Gasteiger partial charge in [0.25, 0.3) is 0 Å². The molecule has 0 aliphatic heterocycles. The molecule has 0 aliphatic rings. The molecule has 0 rings (SSSR count). The van der Waals surface area contributed by atoms with Gasteiger partial charge in [-0.1, -0.05) is 34.6 Å². The van der Waals surface area contributed by atoms with Gasteiger partial charge in [0.1, 0.15) is 6.61 Å². The Morgan fingerprint density at radius 2 is 1.71 bits per heavy atom. The molecular formula is C10H22O3Si. The largest absolute Gasteiger partial charge is 0.480 e. The summed E-state index contributed by atoms with van der Waals surface area (Å²) in [5.41, 5.74) is 0. The van der Waals surface area contributed by atoms with Crippen molar-refractivity contribution < 1.29 is 14.3 Å². The van der Waals surface area contributed by atoms with Gasteiger partial charge in [-0.25, -0.2) is 4.79 Å². The molecule has 84 valence electrons. The Morgan fingerprint density at radius 1 is 1.29 bits per heavy atom. The fourth-order valence-electron chi connectivity index (χ4n) is 1.93. The predicted octanol–water partition coefficient (Wildman–Crippen LogP) is 2.87. The zero-order chi connectivity index (χ0) is 11.4. The lowest BCUT2D eigenvalue weighted by Crippen LogP contribution is -2.47. The molecule has 0 aliphatic carbocycles. The SMILES string of the molecule is CC[Si](CC)(OCC(=O)O)C(C)(C)C. The van der Waals surface area contributed by atoms with Gasteiger partial charge in [-0.05, 0) is 17.1 Å². The molecule has 0 saturated heterocycles.